The Bertz CT molecular complexity index is 225. The standard InChI is InChI=1S/2C12H26S.Sn/c2*1-2-3-4-5-6-7-8-9-10-11-12-13;/h2*13H,2-12H2,1H3;/q;;+2/p-2. The average molecular weight is 522 g/mol. The quantitative estimate of drug-likeness (QED) is 0.0916. The molecule has 0 amide bonds. The molecule has 2 radical (unpaired) electrons. The topological polar surface area (TPSA) is 0 Å². The van der Waals surface area contributed by atoms with Crippen LogP contribution in [0.5, 0.6) is 0 Å². The van der Waals surface area contributed by atoms with Gasteiger partial charge in [-0.2, -0.15) is 0 Å². The normalized spacial score (nSPS) is 11.3. The molecule has 0 aromatic heterocycles. The number of hydrogen-bond acceptors (Lipinski definition) is 2. The summed E-state index contributed by atoms with van der Waals surface area (Å²) >= 11 is -0.135. The van der Waals surface area contributed by atoms with E-state index in [9.17, 15) is 0 Å². The van der Waals surface area contributed by atoms with Crippen molar-refractivity contribution in [1.29, 1.82) is 0 Å². The molecule has 0 fully saturated rings. The first-order valence-electron chi connectivity index (χ1n) is 12.4. The summed E-state index contributed by atoms with van der Waals surface area (Å²) < 4.78 is 0. The van der Waals surface area contributed by atoms with Crippen molar-refractivity contribution in [2.24, 2.45) is 0 Å². The number of rotatable bonds is 24. The van der Waals surface area contributed by atoms with Crippen molar-refractivity contribution >= 4 is 36.3 Å². The van der Waals surface area contributed by atoms with Gasteiger partial charge in [0.25, 0.3) is 0 Å². The fraction of sp³-hybridized carbons (Fsp3) is 1.00. The molecule has 0 saturated carbocycles. The van der Waals surface area contributed by atoms with Gasteiger partial charge in [-0.1, -0.05) is 13.8 Å². The van der Waals surface area contributed by atoms with E-state index in [1.807, 2.05) is 0 Å². The minimum absolute atomic E-state index is 0.135. The maximum absolute atomic E-state index is 2.34. The molecule has 0 N–H and O–H groups in total. The minimum atomic E-state index is -0.135. The van der Waals surface area contributed by atoms with Crippen LogP contribution in [0.3, 0.4) is 0 Å². The van der Waals surface area contributed by atoms with Gasteiger partial charge in [-0.3, -0.25) is 0 Å². The van der Waals surface area contributed by atoms with Gasteiger partial charge in [0.2, 0.25) is 0 Å². The monoisotopic (exact) mass is 522 g/mol. The summed E-state index contributed by atoms with van der Waals surface area (Å²) in [5.74, 6) is 2.93. The Labute approximate surface area is 189 Å². The van der Waals surface area contributed by atoms with E-state index in [4.69, 9.17) is 0 Å². The van der Waals surface area contributed by atoms with Gasteiger partial charge in [0.15, 0.2) is 0 Å². The molecule has 3 heteroatoms. The van der Waals surface area contributed by atoms with Crippen LogP contribution in [0.15, 0.2) is 0 Å². The van der Waals surface area contributed by atoms with E-state index in [1.165, 1.54) is 140 Å². The van der Waals surface area contributed by atoms with Gasteiger partial charge in [-0.25, -0.2) is 0 Å². The van der Waals surface area contributed by atoms with Crippen molar-refractivity contribution in [3.63, 3.8) is 0 Å². The van der Waals surface area contributed by atoms with Crippen molar-refractivity contribution in [2.75, 3.05) is 11.5 Å². The van der Waals surface area contributed by atoms with Crippen LogP contribution in [-0.2, 0) is 0 Å². The number of hydrogen-bond donors (Lipinski definition) is 0. The molecule has 0 unspecified atom stereocenters. The molecule has 0 aliphatic carbocycles. The fourth-order valence-electron chi connectivity index (χ4n) is 3.45. The average Bonchev–Trinajstić information content (AvgIpc) is 2.68. The minimum Gasteiger partial charge on any atom is -0.0654 e. The Morgan fingerprint density at radius 2 is 0.630 bits per heavy atom. The van der Waals surface area contributed by atoms with E-state index in [-0.39, 0.29) is 18.4 Å². The summed E-state index contributed by atoms with van der Waals surface area (Å²) in [5, 5.41) is 0. The molecule has 0 aromatic rings. The van der Waals surface area contributed by atoms with E-state index in [1.54, 1.807) is 0 Å². The second kappa shape index (κ2) is 27.5. The van der Waals surface area contributed by atoms with Crippen LogP contribution in [0, 0.1) is 0 Å². The van der Waals surface area contributed by atoms with E-state index in [2.05, 4.69) is 31.7 Å². The van der Waals surface area contributed by atoms with Crippen molar-refractivity contribution in [2.45, 2.75) is 142 Å². The van der Waals surface area contributed by atoms with E-state index in [0.717, 1.165) is 0 Å². The van der Waals surface area contributed by atoms with Crippen LogP contribution < -0.4 is 0 Å². The van der Waals surface area contributed by atoms with Gasteiger partial charge >= 0.3 is 176 Å². The Morgan fingerprint density at radius 1 is 0.370 bits per heavy atom. The molecular weight excluding hydrogens is 471 g/mol. The first-order chi connectivity index (χ1) is 13.4. The van der Waals surface area contributed by atoms with Gasteiger partial charge in [-0.05, 0) is 0 Å². The zero-order valence-electron chi connectivity index (χ0n) is 18.9. The van der Waals surface area contributed by atoms with E-state index < -0.39 is 0 Å². The Balaban J connectivity index is 2.95. The van der Waals surface area contributed by atoms with Gasteiger partial charge in [0.05, 0.1) is 0 Å². The fourth-order valence-corrected chi connectivity index (χ4v) is 14.0. The molecule has 0 spiro atoms. The molecule has 0 bridgehead atoms. The predicted octanol–water partition coefficient (Wildman–Crippen LogP) is 9.83. The molecular formula is C24H50S2Sn. The Kier molecular flexibility index (Phi) is 29.0. The van der Waals surface area contributed by atoms with Gasteiger partial charge in [0, 0.05) is 0 Å². The summed E-state index contributed by atoms with van der Waals surface area (Å²) in [4.78, 5) is 0. The zero-order valence-corrected chi connectivity index (χ0v) is 23.4. The summed E-state index contributed by atoms with van der Waals surface area (Å²) in [6, 6.07) is 0. The first kappa shape index (κ1) is 28.5. The van der Waals surface area contributed by atoms with Gasteiger partial charge in [0.1, 0.15) is 0 Å². The molecule has 0 aromatic carbocycles. The molecule has 0 atom stereocenters. The van der Waals surface area contributed by atoms with Gasteiger partial charge in [-0.15, -0.1) is 0 Å². The van der Waals surface area contributed by atoms with Crippen LogP contribution in [-0.4, -0.2) is 29.9 Å². The van der Waals surface area contributed by atoms with Crippen molar-refractivity contribution < 1.29 is 0 Å². The second-order valence-corrected chi connectivity index (χ2v) is 19.4. The van der Waals surface area contributed by atoms with Crippen molar-refractivity contribution in [1.82, 2.24) is 0 Å². The first-order valence-corrected chi connectivity index (χ1v) is 21.4. The molecule has 162 valence electrons. The predicted molar refractivity (Wildman–Crippen MR) is 134 cm³/mol. The summed E-state index contributed by atoms with van der Waals surface area (Å²) in [6.07, 6.45) is 29.4. The number of unbranched alkanes of at least 4 members (excludes halogenated alkanes) is 18. The van der Waals surface area contributed by atoms with E-state index >= 15 is 0 Å². The molecule has 0 saturated heterocycles. The van der Waals surface area contributed by atoms with Crippen LogP contribution in [0.2, 0.25) is 0 Å². The smallest absolute Gasteiger partial charge is 0.0654 e. The SMILES string of the molecule is CCCCCCCCCCCC[S][Sn][S]CCCCCCCCCCCC. The zero-order chi connectivity index (χ0) is 19.7. The third kappa shape index (κ3) is 27.5. The Hall–Kier alpha value is 1.50. The second-order valence-electron chi connectivity index (χ2n) is 8.14. The third-order valence-electron chi connectivity index (χ3n) is 5.32. The summed E-state index contributed by atoms with van der Waals surface area (Å²) in [7, 11) is 4.69. The maximum atomic E-state index is 2.34. The summed E-state index contributed by atoms with van der Waals surface area (Å²) in [5.41, 5.74) is 0. The molecule has 0 aliphatic heterocycles. The van der Waals surface area contributed by atoms with E-state index in [0.29, 0.717) is 0 Å². The molecule has 0 heterocycles. The van der Waals surface area contributed by atoms with Crippen LogP contribution >= 0.6 is 17.9 Å². The third-order valence-corrected chi connectivity index (χ3v) is 16.8. The van der Waals surface area contributed by atoms with Crippen LogP contribution in [0.4, 0.5) is 0 Å². The molecule has 0 aliphatic rings. The molecule has 0 rings (SSSR count). The molecule has 0 nitrogen and oxygen atoms in total. The van der Waals surface area contributed by atoms with Gasteiger partial charge < -0.3 is 0 Å². The van der Waals surface area contributed by atoms with Crippen molar-refractivity contribution in [3.05, 3.63) is 0 Å². The van der Waals surface area contributed by atoms with Crippen molar-refractivity contribution in [3.8, 4) is 0 Å². The molecule has 27 heavy (non-hydrogen) atoms. The van der Waals surface area contributed by atoms with Crippen LogP contribution in [0.25, 0.3) is 0 Å². The Morgan fingerprint density at radius 3 is 0.926 bits per heavy atom. The summed E-state index contributed by atoms with van der Waals surface area (Å²) in [6.45, 7) is 4.61. The van der Waals surface area contributed by atoms with Crippen LogP contribution in [0.1, 0.15) is 142 Å².